The number of halogens is 1. The minimum atomic E-state index is -2.73. The van der Waals surface area contributed by atoms with Crippen LogP contribution in [0.2, 0.25) is 5.02 Å². The number of methoxy groups -OCH3 is 1. The number of ether oxygens (including phenoxy) is 4. The van der Waals surface area contributed by atoms with Gasteiger partial charge < -0.3 is 18.9 Å². The van der Waals surface area contributed by atoms with Crippen LogP contribution in [-0.4, -0.2) is 31.0 Å². The quantitative estimate of drug-likeness (QED) is 0.179. The number of esters is 4. The molecule has 0 heterocycles. The number of benzene rings is 3. The van der Waals surface area contributed by atoms with Crippen molar-refractivity contribution in [1.29, 1.82) is 0 Å². The highest BCUT2D eigenvalue weighted by atomic mass is 35.5. The lowest BCUT2D eigenvalue weighted by Gasteiger charge is -2.27. The van der Waals surface area contributed by atoms with Gasteiger partial charge in [-0.15, -0.1) is 0 Å². The second kappa shape index (κ2) is 11.8. The summed E-state index contributed by atoms with van der Waals surface area (Å²) in [5.74, 6) is -4.69. The van der Waals surface area contributed by atoms with Crippen LogP contribution in [0.25, 0.3) is 0 Å². The van der Waals surface area contributed by atoms with Crippen LogP contribution in [0.15, 0.2) is 97.1 Å². The predicted molar refractivity (Wildman–Crippen MR) is 129 cm³/mol. The van der Waals surface area contributed by atoms with E-state index < -0.39 is 35.7 Å². The monoisotopic (exact) mass is 508 g/mol. The maximum Gasteiger partial charge on any atom is 0.340 e. The molecule has 3 aromatic rings. The van der Waals surface area contributed by atoms with Gasteiger partial charge in [0.05, 0.1) is 7.11 Å². The summed E-state index contributed by atoms with van der Waals surface area (Å²) in [6.07, 6.45) is -0.830. The van der Waals surface area contributed by atoms with Crippen molar-refractivity contribution in [3.8, 4) is 17.2 Å². The third kappa shape index (κ3) is 6.17. The normalized spacial score (nSPS) is 10.6. The summed E-state index contributed by atoms with van der Waals surface area (Å²) in [4.78, 5) is 52.5. The van der Waals surface area contributed by atoms with Crippen molar-refractivity contribution in [3.63, 3.8) is 0 Å². The van der Waals surface area contributed by atoms with E-state index in [2.05, 4.69) is 6.58 Å². The van der Waals surface area contributed by atoms with Gasteiger partial charge in [0, 0.05) is 17.0 Å². The first-order chi connectivity index (χ1) is 17.3. The lowest BCUT2D eigenvalue weighted by molar-refractivity contribution is -0.174. The van der Waals surface area contributed by atoms with Gasteiger partial charge in [0.15, 0.2) is 0 Å². The molecule has 0 aliphatic heterocycles. The highest BCUT2D eigenvalue weighted by Crippen LogP contribution is 2.33. The molecule has 3 aromatic carbocycles. The highest BCUT2D eigenvalue weighted by Gasteiger charge is 2.58. The summed E-state index contributed by atoms with van der Waals surface area (Å²) >= 11 is 5.84. The third-order valence-corrected chi connectivity index (χ3v) is 5.18. The topological polar surface area (TPSA) is 105 Å². The summed E-state index contributed by atoms with van der Waals surface area (Å²) in [7, 11) is 0.984. The van der Waals surface area contributed by atoms with E-state index in [9.17, 15) is 19.2 Å². The summed E-state index contributed by atoms with van der Waals surface area (Å²) in [6, 6.07) is 21.4. The molecule has 0 unspecified atom stereocenters. The number of carbonyl (C=O) groups is 4. The van der Waals surface area contributed by atoms with Crippen molar-refractivity contribution in [1.82, 2.24) is 0 Å². The zero-order valence-electron chi connectivity index (χ0n) is 19.1. The Morgan fingerprint density at radius 1 is 0.694 bits per heavy atom. The average molecular weight is 509 g/mol. The molecule has 0 amide bonds. The first-order valence-corrected chi connectivity index (χ1v) is 10.9. The Morgan fingerprint density at radius 2 is 1.14 bits per heavy atom. The van der Waals surface area contributed by atoms with Crippen LogP contribution in [0.5, 0.6) is 17.2 Å². The van der Waals surface area contributed by atoms with Crippen molar-refractivity contribution in [3.05, 3.63) is 102 Å². The van der Waals surface area contributed by atoms with Crippen LogP contribution in [0.1, 0.15) is 6.42 Å². The number of para-hydroxylation sites is 2. The number of hydrogen-bond acceptors (Lipinski definition) is 8. The maximum absolute atomic E-state index is 13.4. The van der Waals surface area contributed by atoms with Gasteiger partial charge in [-0.3, -0.25) is 4.79 Å². The Labute approximate surface area is 212 Å². The lowest BCUT2D eigenvalue weighted by atomic mass is 9.81. The van der Waals surface area contributed by atoms with Crippen molar-refractivity contribution in [2.24, 2.45) is 5.41 Å². The highest BCUT2D eigenvalue weighted by molar-refractivity contribution is 6.30. The van der Waals surface area contributed by atoms with Crippen LogP contribution >= 0.6 is 11.6 Å². The summed E-state index contributed by atoms with van der Waals surface area (Å²) < 4.78 is 20.7. The Kier molecular flexibility index (Phi) is 8.59. The van der Waals surface area contributed by atoms with E-state index in [0.29, 0.717) is 5.02 Å². The molecule has 0 aliphatic rings. The molecule has 0 radical (unpaired) electrons. The second-order valence-corrected chi connectivity index (χ2v) is 7.86. The zero-order valence-corrected chi connectivity index (χ0v) is 19.9. The van der Waals surface area contributed by atoms with E-state index >= 15 is 0 Å². The molecule has 0 saturated carbocycles. The van der Waals surface area contributed by atoms with E-state index in [1.807, 2.05) is 0 Å². The van der Waals surface area contributed by atoms with Gasteiger partial charge in [-0.25, -0.2) is 14.4 Å². The lowest BCUT2D eigenvalue weighted by Crippen LogP contribution is -2.52. The second-order valence-electron chi connectivity index (χ2n) is 7.43. The molecule has 8 nitrogen and oxygen atoms in total. The van der Waals surface area contributed by atoms with Gasteiger partial charge in [0.2, 0.25) is 0 Å². The van der Waals surface area contributed by atoms with E-state index in [0.717, 1.165) is 7.11 Å². The predicted octanol–water partition coefficient (Wildman–Crippen LogP) is 4.56. The molecule has 0 aliphatic carbocycles. The van der Waals surface area contributed by atoms with Gasteiger partial charge in [-0.05, 0) is 48.5 Å². The smallest absolute Gasteiger partial charge is 0.340 e. The summed E-state index contributed by atoms with van der Waals surface area (Å²) in [5, 5.41) is 0.422. The van der Waals surface area contributed by atoms with Crippen LogP contribution in [-0.2, 0) is 23.9 Å². The number of hydrogen-bond donors (Lipinski definition) is 0. The molecule has 0 spiro atoms. The maximum atomic E-state index is 13.4. The van der Waals surface area contributed by atoms with E-state index in [4.69, 9.17) is 30.5 Å². The minimum Gasteiger partial charge on any atom is -0.468 e. The molecule has 0 atom stereocenters. The van der Waals surface area contributed by atoms with Crippen molar-refractivity contribution in [2.75, 3.05) is 7.11 Å². The van der Waals surface area contributed by atoms with Crippen LogP contribution < -0.4 is 14.2 Å². The zero-order chi connectivity index (χ0) is 26.1. The fourth-order valence-electron chi connectivity index (χ4n) is 3.08. The molecule has 0 saturated heterocycles. The Balaban J connectivity index is 1.96. The molecule has 0 bridgehead atoms. The van der Waals surface area contributed by atoms with Crippen molar-refractivity contribution < 1.29 is 38.1 Å². The van der Waals surface area contributed by atoms with Crippen molar-refractivity contribution >= 4 is 35.5 Å². The Bertz CT molecular complexity index is 1200. The first kappa shape index (κ1) is 26.2. The van der Waals surface area contributed by atoms with Gasteiger partial charge in [0.1, 0.15) is 17.2 Å². The van der Waals surface area contributed by atoms with Crippen LogP contribution in [0.4, 0.5) is 0 Å². The fourth-order valence-corrected chi connectivity index (χ4v) is 3.21. The SMILES string of the molecule is C=C(CC(C(=O)OC)(C(=O)Oc1ccccc1)C(=O)Oc1ccccc1)C(=O)Oc1ccc(Cl)cc1. The van der Waals surface area contributed by atoms with Gasteiger partial charge >= 0.3 is 23.9 Å². The Hall–Kier alpha value is -4.43. The van der Waals surface area contributed by atoms with Crippen molar-refractivity contribution in [2.45, 2.75) is 6.42 Å². The molecule has 184 valence electrons. The average Bonchev–Trinajstić information content (AvgIpc) is 2.89. The summed E-state index contributed by atoms with van der Waals surface area (Å²) in [6.45, 7) is 3.62. The summed E-state index contributed by atoms with van der Waals surface area (Å²) in [5.41, 5.74) is -3.11. The van der Waals surface area contributed by atoms with Crippen LogP contribution in [0.3, 0.4) is 0 Å². The van der Waals surface area contributed by atoms with Gasteiger partial charge in [-0.2, -0.15) is 0 Å². The molecule has 0 fully saturated rings. The number of rotatable bonds is 9. The van der Waals surface area contributed by atoms with Gasteiger partial charge in [0.25, 0.3) is 5.41 Å². The third-order valence-electron chi connectivity index (χ3n) is 4.93. The molecule has 9 heteroatoms. The number of carbonyl (C=O) groups excluding carboxylic acids is 4. The molecule has 36 heavy (non-hydrogen) atoms. The van der Waals surface area contributed by atoms with Crippen LogP contribution in [0, 0.1) is 5.41 Å². The standard InChI is InChI=1S/C27H21ClO8/c1-18(23(29)34-22-15-13-19(28)14-16-22)17-27(24(30)33-2,25(31)35-20-9-5-3-6-10-20)26(32)36-21-11-7-4-8-12-21/h3-16H,1,17H2,2H3. The Morgan fingerprint density at radius 3 is 1.58 bits per heavy atom. The molecule has 0 N–H and O–H groups in total. The largest absolute Gasteiger partial charge is 0.468 e. The molecular weight excluding hydrogens is 488 g/mol. The fraction of sp³-hybridized carbons (Fsp3) is 0.111. The van der Waals surface area contributed by atoms with E-state index in [1.165, 1.54) is 48.5 Å². The van der Waals surface area contributed by atoms with E-state index in [-0.39, 0.29) is 22.8 Å². The van der Waals surface area contributed by atoms with E-state index in [1.54, 1.807) is 36.4 Å². The molecule has 0 aromatic heterocycles. The molecular formula is C27H21ClO8. The van der Waals surface area contributed by atoms with Gasteiger partial charge in [-0.1, -0.05) is 54.6 Å². The molecule has 3 rings (SSSR count). The first-order valence-electron chi connectivity index (χ1n) is 10.5. The minimum absolute atomic E-state index is 0.0534.